The molecule has 1 fully saturated rings. The summed E-state index contributed by atoms with van der Waals surface area (Å²) in [7, 11) is 3.42. The lowest BCUT2D eigenvalue weighted by Crippen LogP contribution is -2.47. The summed E-state index contributed by atoms with van der Waals surface area (Å²) >= 11 is 0. The van der Waals surface area contributed by atoms with Crippen LogP contribution in [0.15, 0.2) is 42.5 Å². The van der Waals surface area contributed by atoms with Crippen molar-refractivity contribution in [1.82, 2.24) is 5.01 Å². The van der Waals surface area contributed by atoms with Crippen molar-refractivity contribution in [2.24, 2.45) is 5.92 Å². The van der Waals surface area contributed by atoms with E-state index in [1.54, 1.807) is 14.2 Å². The zero-order valence-corrected chi connectivity index (χ0v) is 17.4. The molecular weight excluding hydrogens is 348 g/mol. The molecule has 0 amide bonds. The standard InChI is InChI=1S/C24H31N2O2/c1-17(2)21-11-8-13-25(21)26-14-12-19-15-22(27-3)23(28-4)16-20(19)24(26)18-9-6-5-7-10-18/h5-7,9-10,15-17,21H,8,11-14H2,1-4H3/q+1/t21-/m0/s1. The van der Waals surface area contributed by atoms with Crippen molar-refractivity contribution in [1.29, 1.82) is 0 Å². The molecule has 2 heterocycles. The number of hydrazine groups is 1. The lowest BCUT2D eigenvalue weighted by molar-refractivity contribution is -0.695. The number of hydrogen-bond donors (Lipinski definition) is 0. The van der Waals surface area contributed by atoms with Crippen LogP contribution in [0.1, 0.15) is 43.4 Å². The van der Waals surface area contributed by atoms with E-state index in [9.17, 15) is 0 Å². The fourth-order valence-electron chi connectivity index (χ4n) is 4.74. The first-order chi connectivity index (χ1) is 13.6. The summed E-state index contributed by atoms with van der Waals surface area (Å²) in [5, 5.41) is 2.62. The van der Waals surface area contributed by atoms with Crippen LogP contribution >= 0.6 is 0 Å². The number of nitrogens with zero attached hydrogens (tertiary/aromatic N) is 2. The molecule has 4 nitrogen and oxygen atoms in total. The quantitative estimate of drug-likeness (QED) is 0.730. The van der Waals surface area contributed by atoms with Crippen LogP contribution in [-0.4, -0.2) is 48.8 Å². The van der Waals surface area contributed by atoms with Crippen molar-refractivity contribution in [3.05, 3.63) is 59.2 Å². The summed E-state index contributed by atoms with van der Waals surface area (Å²) < 4.78 is 13.7. The van der Waals surface area contributed by atoms with Crippen LogP contribution in [0.5, 0.6) is 11.5 Å². The lowest BCUT2D eigenvalue weighted by Gasteiger charge is -2.30. The third-order valence-corrected chi connectivity index (χ3v) is 6.11. The Morgan fingerprint density at radius 1 is 1.04 bits per heavy atom. The Morgan fingerprint density at radius 2 is 1.75 bits per heavy atom. The highest BCUT2D eigenvalue weighted by Crippen LogP contribution is 2.35. The van der Waals surface area contributed by atoms with Gasteiger partial charge in [0.1, 0.15) is 0 Å². The van der Waals surface area contributed by atoms with Gasteiger partial charge in [-0.05, 0) is 48.6 Å². The molecule has 4 rings (SSSR count). The summed E-state index contributed by atoms with van der Waals surface area (Å²) in [5.74, 6) is 2.24. The molecule has 0 radical (unpaired) electrons. The van der Waals surface area contributed by atoms with Crippen LogP contribution in [0, 0.1) is 5.92 Å². The molecule has 0 aromatic heterocycles. The van der Waals surface area contributed by atoms with Crippen LogP contribution in [0.25, 0.3) is 0 Å². The molecule has 0 saturated carbocycles. The Bertz CT molecular complexity index is 874. The molecule has 28 heavy (non-hydrogen) atoms. The van der Waals surface area contributed by atoms with E-state index in [4.69, 9.17) is 9.47 Å². The SMILES string of the molecule is COc1cc2c(cc1OC)C(c1ccccc1)=[N+](N1CCC[C@H]1C(C)C)CC2. The molecule has 1 saturated heterocycles. The van der Waals surface area contributed by atoms with Crippen LogP contribution in [-0.2, 0) is 6.42 Å². The smallest absolute Gasteiger partial charge is 0.244 e. The minimum Gasteiger partial charge on any atom is -0.493 e. The van der Waals surface area contributed by atoms with Gasteiger partial charge < -0.3 is 9.47 Å². The molecule has 0 aliphatic carbocycles. The second-order valence-electron chi connectivity index (χ2n) is 8.07. The number of ether oxygens (including phenoxy) is 2. The minimum atomic E-state index is 0.598. The van der Waals surface area contributed by atoms with E-state index in [0.717, 1.165) is 31.0 Å². The summed E-state index contributed by atoms with van der Waals surface area (Å²) in [6.07, 6.45) is 3.54. The average molecular weight is 380 g/mol. The molecule has 148 valence electrons. The third kappa shape index (κ3) is 3.25. The fourth-order valence-corrected chi connectivity index (χ4v) is 4.74. The van der Waals surface area contributed by atoms with Gasteiger partial charge in [0.15, 0.2) is 18.0 Å². The number of benzene rings is 2. The molecule has 2 aliphatic rings. The van der Waals surface area contributed by atoms with Crippen molar-refractivity contribution in [3.63, 3.8) is 0 Å². The lowest BCUT2D eigenvalue weighted by atomic mass is 9.92. The van der Waals surface area contributed by atoms with Gasteiger partial charge in [-0.15, -0.1) is 4.68 Å². The maximum absolute atomic E-state index is 5.64. The predicted octanol–water partition coefficient (Wildman–Crippen LogP) is 4.15. The van der Waals surface area contributed by atoms with E-state index in [1.807, 2.05) is 0 Å². The third-order valence-electron chi connectivity index (χ3n) is 6.11. The van der Waals surface area contributed by atoms with E-state index in [1.165, 1.54) is 35.2 Å². The second kappa shape index (κ2) is 7.86. The average Bonchev–Trinajstić information content (AvgIpc) is 3.22. The van der Waals surface area contributed by atoms with E-state index < -0.39 is 0 Å². The predicted molar refractivity (Wildman–Crippen MR) is 113 cm³/mol. The largest absolute Gasteiger partial charge is 0.493 e. The van der Waals surface area contributed by atoms with Gasteiger partial charge in [0.05, 0.1) is 32.4 Å². The first-order valence-corrected chi connectivity index (χ1v) is 10.4. The summed E-state index contributed by atoms with van der Waals surface area (Å²) in [4.78, 5) is 0. The number of hydrogen-bond acceptors (Lipinski definition) is 3. The first-order valence-electron chi connectivity index (χ1n) is 10.4. The minimum absolute atomic E-state index is 0.598. The summed E-state index contributed by atoms with van der Waals surface area (Å²) in [6.45, 7) is 6.81. The van der Waals surface area contributed by atoms with Crippen LogP contribution < -0.4 is 9.47 Å². The highest BCUT2D eigenvalue weighted by atomic mass is 16.5. The highest BCUT2D eigenvalue weighted by molar-refractivity contribution is 6.11. The molecule has 0 spiro atoms. The first kappa shape index (κ1) is 18.9. The topological polar surface area (TPSA) is 24.7 Å². The van der Waals surface area contributed by atoms with Crippen LogP contribution in [0.2, 0.25) is 0 Å². The number of rotatable bonds is 5. The van der Waals surface area contributed by atoms with Crippen molar-refractivity contribution in [2.75, 3.05) is 27.3 Å². The molecule has 2 aromatic carbocycles. The van der Waals surface area contributed by atoms with Crippen LogP contribution in [0.4, 0.5) is 0 Å². The highest BCUT2D eigenvalue weighted by Gasteiger charge is 2.39. The van der Waals surface area contributed by atoms with Gasteiger partial charge in [-0.3, -0.25) is 0 Å². The zero-order valence-electron chi connectivity index (χ0n) is 17.4. The molecule has 2 aliphatic heterocycles. The van der Waals surface area contributed by atoms with Crippen LogP contribution in [0.3, 0.4) is 0 Å². The zero-order chi connectivity index (χ0) is 19.7. The van der Waals surface area contributed by atoms with Gasteiger partial charge in [-0.2, -0.15) is 5.01 Å². The van der Waals surface area contributed by atoms with Crippen molar-refractivity contribution >= 4 is 5.71 Å². The Morgan fingerprint density at radius 3 is 2.43 bits per heavy atom. The molecule has 0 unspecified atom stereocenters. The normalized spacial score (nSPS) is 19.2. The van der Waals surface area contributed by atoms with Gasteiger partial charge in [0.25, 0.3) is 0 Å². The molecule has 4 heteroatoms. The van der Waals surface area contributed by atoms with E-state index >= 15 is 0 Å². The van der Waals surface area contributed by atoms with Gasteiger partial charge in [-0.25, -0.2) is 0 Å². The second-order valence-corrected chi connectivity index (χ2v) is 8.07. The Labute approximate surface area is 168 Å². The van der Waals surface area contributed by atoms with E-state index in [2.05, 4.69) is 66.0 Å². The number of fused-ring (bicyclic) bond motifs is 1. The van der Waals surface area contributed by atoms with Gasteiger partial charge in [0.2, 0.25) is 5.71 Å². The molecule has 0 N–H and O–H groups in total. The Hall–Kier alpha value is -2.49. The maximum atomic E-state index is 5.64. The molecule has 2 aromatic rings. The monoisotopic (exact) mass is 379 g/mol. The van der Waals surface area contributed by atoms with E-state index in [0.29, 0.717) is 12.0 Å². The number of hydrazone groups is 1. The van der Waals surface area contributed by atoms with Crippen molar-refractivity contribution in [3.8, 4) is 11.5 Å². The fraction of sp³-hybridized carbons (Fsp3) is 0.458. The van der Waals surface area contributed by atoms with Gasteiger partial charge in [-0.1, -0.05) is 32.0 Å². The molecule has 0 bridgehead atoms. The molecular formula is C24H31N2O2+. The Kier molecular flexibility index (Phi) is 5.29. The summed E-state index contributed by atoms with van der Waals surface area (Å²) in [6, 6.07) is 15.7. The maximum Gasteiger partial charge on any atom is 0.244 e. The van der Waals surface area contributed by atoms with Crippen molar-refractivity contribution < 1.29 is 14.2 Å². The van der Waals surface area contributed by atoms with E-state index in [-0.39, 0.29) is 0 Å². The molecule has 1 atom stereocenters. The Balaban J connectivity index is 1.92. The van der Waals surface area contributed by atoms with Gasteiger partial charge in [0, 0.05) is 12.0 Å². The van der Waals surface area contributed by atoms with Gasteiger partial charge >= 0.3 is 0 Å². The summed E-state index contributed by atoms with van der Waals surface area (Å²) in [5.41, 5.74) is 5.12. The number of methoxy groups -OCH3 is 2. The van der Waals surface area contributed by atoms with Crippen molar-refractivity contribution in [2.45, 2.75) is 39.2 Å².